The highest BCUT2D eigenvalue weighted by atomic mass is 32.1. The number of anilines is 1. The van der Waals surface area contributed by atoms with Crippen molar-refractivity contribution in [3.05, 3.63) is 27.8 Å². The maximum atomic E-state index is 11.3. The average Bonchev–Trinajstić information content (AvgIpc) is 2.85. The Labute approximate surface area is 95.1 Å². The summed E-state index contributed by atoms with van der Waals surface area (Å²) in [5.41, 5.74) is 7.31. The number of carbonyl (C=O) groups excluding carboxylic acids is 1. The third kappa shape index (κ3) is 1.75. The lowest BCUT2D eigenvalue weighted by atomic mass is 10.2. The highest BCUT2D eigenvalue weighted by Gasteiger charge is 2.17. The number of rotatable bonds is 2. The second-order valence-corrected chi connectivity index (χ2v) is 4.69. The standard InChI is InChI=1S/C10H9NO2S2/c1-13-10(12)9-8(11)6(5-15-9)7-3-2-4-14-7/h2-5H,11H2,1H3. The molecule has 2 rings (SSSR count). The molecule has 0 aliphatic carbocycles. The highest BCUT2D eigenvalue weighted by molar-refractivity contribution is 7.15. The van der Waals surface area contributed by atoms with Crippen LogP contribution in [0, 0.1) is 0 Å². The molecule has 0 aromatic carbocycles. The lowest BCUT2D eigenvalue weighted by Gasteiger charge is -1.98. The molecule has 5 heteroatoms. The van der Waals surface area contributed by atoms with E-state index in [9.17, 15) is 4.79 Å². The summed E-state index contributed by atoms with van der Waals surface area (Å²) in [6.07, 6.45) is 0. The van der Waals surface area contributed by atoms with Crippen LogP contribution in [0.3, 0.4) is 0 Å². The number of hydrogen-bond donors (Lipinski definition) is 1. The van der Waals surface area contributed by atoms with E-state index in [0.29, 0.717) is 10.6 Å². The molecule has 15 heavy (non-hydrogen) atoms. The molecule has 3 nitrogen and oxygen atoms in total. The third-order valence-electron chi connectivity index (χ3n) is 1.99. The van der Waals surface area contributed by atoms with Crippen LogP contribution < -0.4 is 5.73 Å². The summed E-state index contributed by atoms with van der Waals surface area (Å²) in [5, 5.41) is 3.86. The maximum Gasteiger partial charge on any atom is 0.350 e. The van der Waals surface area contributed by atoms with Crippen molar-refractivity contribution in [1.82, 2.24) is 0 Å². The van der Waals surface area contributed by atoms with Crippen LogP contribution in [0.25, 0.3) is 10.4 Å². The molecule has 0 fully saturated rings. The van der Waals surface area contributed by atoms with Crippen molar-refractivity contribution in [2.45, 2.75) is 0 Å². The van der Waals surface area contributed by atoms with Crippen LogP contribution in [0.2, 0.25) is 0 Å². The first-order valence-corrected chi connectivity index (χ1v) is 5.99. The van der Waals surface area contributed by atoms with Gasteiger partial charge in [-0.1, -0.05) is 6.07 Å². The Bertz CT molecular complexity index is 474. The Hall–Kier alpha value is -1.33. The van der Waals surface area contributed by atoms with Gasteiger partial charge in [0.15, 0.2) is 0 Å². The number of nitrogens with two attached hydrogens (primary N) is 1. The van der Waals surface area contributed by atoms with Gasteiger partial charge in [-0.05, 0) is 11.4 Å². The van der Waals surface area contributed by atoms with Gasteiger partial charge in [0.2, 0.25) is 0 Å². The van der Waals surface area contributed by atoms with Gasteiger partial charge in [0.25, 0.3) is 0 Å². The molecule has 0 unspecified atom stereocenters. The molecule has 0 bridgehead atoms. The number of hydrogen-bond acceptors (Lipinski definition) is 5. The van der Waals surface area contributed by atoms with E-state index in [1.807, 2.05) is 22.9 Å². The van der Waals surface area contributed by atoms with Gasteiger partial charge in [0, 0.05) is 15.8 Å². The van der Waals surface area contributed by atoms with Crippen LogP contribution in [0.4, 0.5) is 5.69 Å². The van der Waals surface area contributed by atoms with Crippen molar-refractivity contribution in [2.75, 3.05) is 12.8 Å². The van der Waals surface area contributed by atoms with Crippen molar-refractivity contribution in [3.63, 3.8) is 0 Å². The minimum Gasteiger partial charge on any atom is -0.465 e. The first-order chi connectivity index (χ1) is 7.24. The van der Waals surface area contributed by atoms with E-state index in [4.69, 9.17) is 5.73 Å². The number of methoxy groups -OCH3 is 1. The van der Waals surface area contributed by atoms with E-state index in [0.717, 1.165) is 10.4 Å². The Morgan fingerprint density at radius 2 is 2.27 bits per heavy atom. The number of nitrogen functional groups attached to an aromatic ring is 1. The number of ether oxygens (including phenoxy) is 1. The zero-order valence-corrected chi connectivity index (χ0v) is 9.65. The predicted octanol–water partition coefficient (Wildman–Crippen LogP) is 2.85. The fraction of sp³-hybridized carbons (Fsp3) is 0.100. The van der Waals surface area contributed by atoms with Crippen molar-refractivity contribution < 1.29 is 9.53 Å². The van der Waals surface area contributed by atoms with Gasteiger partial charge in [-0.2, -0.15) is 0 Å². The Morgan fingerprint density at radius 1 is 1.47 bits per heavy atom. The van der Waals surface area contributed by atoms with Gasteiger partial charge in [-0.25, -0.2) is 4.79 Å². The van der Waals surface area contributed by atoms with Crippen molar-refractivity contribution in [1.29, 1.82) is 0 Å². The summed E-state index contributed by atoms with van der Waals surface area (Å²) in [4.78, 5) is 12.9. The summed E-state index contributed by atoms with van der Waals surface area (Å²) >= 11 is 2.91. The summed E-state index contributed by atoms with van der Waals surface area (Å²) < 4.78 is 4.64. The minimum absolute atomic E-state index is 0.375. The van der Waals surface area contributed by atoms with Crippen molar-refractivity contribution in [2.24, 2.45) is 0 Å². The van der Waals surface area contributed by atoms with E-state index >= 15 is 0 Å². The molecule has 2 N–H and O–H groups in total. The van der Waals surface area contributed by atoms with E-state index in [2.05, 4.69) is 4.74 Å². The molecule has 2 heterocycles. The molecule has 0 aliphatic rings. The lowest BCUT2D eigenvalue weighted by Crippen LogP contribution is -2.01. The van der Waals surface area contributed by atoms with Gasteiger partial charge >= 0.3 is 5.97 Å². The van der Waals surface area contributed by atoms with Gasteiger partial charge in [-0.3, -0.25) is 0 Å². The summed E-state index contributed by atoms with van der Waals surface area (Å²) in [7, 11) is 1.35. The fourth-order valence-electron chi connectivity index (χ4n) is 1.24. The minimum atomic E-state index is -0.375. The lowest BCUT2D eigenvalue weighted by molar-refractivity contribution is 0.0607. The maximum absolute atomic E-state index is 11.3. The first-order valence-electron chi connectivity index (χ1n) is 4.23. The Morgan fingerprint density at radius 3 is 2.87 bits per heavy atom. The van der Waals surface area contributed by atoms with Gasteiger partial charge < -0.3 is 10.5 Å². The van der Waals surface area contributed by atoms with Crippen LogP contribution in [-0.2, 0) is 4.74 Å². The largest absolute Gasteiger partial charge is 0.465 e. The van der Waals surface area contributed by atoms with E-state index in [1.54, 1.807) is 11.3 Å². The molecular weight excluding hydrogens is 230 g/mol. The first kappa shape index (κ1) is 10.2. The van der Waals surface area contributed by atoms with Crippen LogP contribution in [0.1, 0.15) is 9.67 Å². The SMILES string of the molecule is COC(=O)c1scc(-c2cccs2)c1N. The van der Waals surface area contributed by atoms with Gasteiger partial charge in [-0.15, -0.1) is 22.7 Å². The smallest absolute Gasteiger partial charge is 0.350 e. The quantitative estimate of drug-likeness (QED) is 0.820. The molecule has 0 saturated heterocycles. The molecule has 2 aromatic rings. The summed E-state index contributed by atoms with van der Waals surface area (Å²) in [5.74, 6) is -0.375. The molecule has 0 saturated carbocycles. The van der Waals surface area contributed by atoms with Gasteiger partial charge in [0.1, 0.15) is 4.88 Å². The molecule has 0 atom stereocenters. The van der Waals surface area contributed by atoms with Crippen molar-refractivity contribution >= 4 is 34.3 Å². The van der Waals surface area contributed by atoms with Crippen molar-refractivity contribution in [3.8, 4) is 10.4 Å². The number of esters is 1. The number of carbonyl (C=O) groups is 1. The van der Waals surface area contributed by atoms with Crippen LogP contribution in [0.15, 0.2) is 22.9 Å². The average molecular weight is 239 g/mol. The zero-order chi connectivity index (χ0) is 10.8. The Kier molecular flexibility index (Phi) is 2.75. The summed E-state index contributed by atoms with van der Waals surface area (Å²) in [6, 6.07) is 3.93. The summed E-state index contributed by atoms with van der Waals surface area (Å²) in [6.45, 7) is 0. The monoisotopic (exact) mass is 239 g/mol. The van der Waals surface area contributed by atoms with Crippen LogP contribution in [0.5, 0.6) is 0 Å². The third-order valence-corrected chi connectivity index (χ3v) is 3.87. The fourth-order valence-corrected chi connectivity index (χ4v) is 2.98. The molecule has 0 radical (unpaired) electrons. The normalized spacial score (nSPS) is 10.2. The molecule has 2 aromatic heterocycles. The van der Waals surface area contributed by atoms with E-state index < -0.39 is 0 Å². The Balaban J connectivity index is 2.45. The molecule has 0 spiro atoms. The molecule has 78 valence electrons. The second-order valence-electron chi connectivity index (χ2n) is 2.86. The van der Waals surface area contributed by atoms with Gasteiger partial charge in [0.05, 0.1) is 12.8 Å². The van der Waals surface area contributed by atoms with Crippen LogP contribution in [-0.4, -0.2) is 13.1 Å². The van der Waals surface area contributed by atoms with E-state index in [1.165, 1.54) is 18.4 Å². The molecular formula is C10H9NO2S2. The molecule has 0 aliphatic heterocycles. The molecule has 0 amide bonds. The van der Waals surface area contributed by atoms with E-state index in [-0.39, 0.29) is 5.97 Å². The predicted molar refractivity (Wildman–Crippen MR) is 63.4 cm³/mol. The van der Waals surface area contributed by atoms with Crippen LogP contribution >= 0.6 is 22.7 Å². The topological polar surface area (TPSA) is 52.3 Å². The number of thiophene rings is 2. The highest BCUT2D eigenvalue weighted by Crippen LogP contribution is 2.36. The second kappa shape index (κ2) is 4.04. The zero-order valence-electron chi connectivity index (χ0n) is 8.02.